The fourth-order valence-corrected chi connectivity index (χ4v) is 4.26. The first-order chi connectivity index (χ1) is 10.2. The summed E-state index contributed by atoms with van der Waals surface area (Å²) in [7, 11) is 0. The maximum atomic E-state index is 12.7. The van der Waals surface area contributed by atoms with Crippen molar-refractivity contribution in [1.82, 2.24) is 0 Å². The Balaban J connectivity index is 1.73. The van der Waals surface area contributed by atoms with Crippen molar-refractivity contribution >= 4 is 28.7 Å². The molecule has 0 unspecified atom stereocenters. The number of hydrogen-bond acceptors (Lipinski definition) is 4. The van der Waals surface area contributed by atoms with Crippen LogP contribution in [0.1, 0.15) is 32.1 Å². The summed E-state index contributed by atoms with van der Waals surface area (Å²) < 4.78 is 11.0. The summed E-state index contributed by atoms with van der Waals surface area (Å²) in [6.45, 7) is 1.00. The molecule has 1 aliphatic heterocycles. The van der Waals surface area contributed by atoms with Crippen LogP contribution >= 0.6 is 22.9 Å². The predicted octanol–water partition coefficient (Wildman–Crippen LogP) is 3.89. The Kier molecular flexibility index (Phi) is 3.16. The number of rotatable bonds is 2. The van der Waals surface area contributed by atoms with E-state index in [1.807, 2.05) is 6.07 Å². The van der Waals surface area contributed by atoms with Gasteiger partial charge in [-0.25, -0.2) is 0 Å². The predicted molar refractivity (Wildman–Crippen MR) is 82.2 cm³/mol. The molecule has 5 heteroatoms. The van der Waals surface area contributed by atoms with Crippen LogP contribution in [0.2, 0.25) is 5.02 Å². The molecule has 0 fully saturated rings. The molecule has 0 atom stereocenters. The van der Waals surface area contributed by atoms with Gasteiger partial charge in [-0.2, -0.15) is 0 Å². The summed E-state index contributed by atoms with van der Waals surface area (Å²) in [5, 5.41) is 0.415. The zero-order chi connectivity index (χ0) is 14.4. The maximum absolute atomic E-state index is 12.7. The van der Waals surface area contributed by atoms with Crippen LogP contribution in [0.3, 0.4) is 0 Å². The molecule has 0 bridgehead atoms. The second kappa shape index (κ2) is 5.04. The average molecular weight is 321 g/mol. The monoisotopic (exact) mass is 320 g/mol. The molecule has 0 radical (unpaired) electrons. The van der Waals surface area contributed by atoms with E-state index in [0.29, 0.717) is 35.3 Å². The molecule has 0 amide bonds. The third-order valence-electron chi connectivity index (χ3n) is 3.85. The third-order valence-corrected chi connectivity index (χ3v) is 5.40. The van der Waals surface area contributed by atoms with Crippen LogP contribution in [0.4, 0.5) is 0 Å². The molecule has 108 valence electrons. The number of thiophene rings is 1. The number of fused-ring (bicyclic) bond motifs is 2. The zero-order valence-corrected chi connectivity index (χ0v) is 12.9. The molecule has 2 heterocycles. The summed E-state index contributed by atoms with van der Waals surface area (Å²) >= 11 is 7.84. The number of carbonyl (C=O) groups is 1. The smallest absolute Gasteiger partial charge is 0.204 e. The Hall–Kier alpha value is -1.52. The molecule has 1 aliphatic carbocycles. The standard InChI is InChI=1S/C16H13ClO3S/c17-11-8-13-12(19-4-5-20-13)7-10(11)16(18)15-6-9-2-1-3-14(9)21-15/h6-8H,1-5H2. The van der Waals surface area contributed by atoms with Gasteiger partial charge in [0.1, 0.15) is 13.2 Å². The van der Waals surface area contributed by atoms with Crippen LogP contribution in [-0.4, -0.2) is 19.0 Å². The van der Waals surface area contributed by atoms with Crippen LogP contribution in [0, 0.1) is 0 Å². The van der Waals surface area contributed by atoms with Gasteiger partial charge in [0.05, 0.1) is 9.90 Å². The Morgan fingerprint density at radius 3 is 2.62 bits per heavy atom. The van der Waals surface area contributed by atoms with E-state index < -0.39 is 0 Å². The van der Waals surface area contributed by atoms with Crippen LogP contribution < -0.4 is 9.47 Å². The van der Waals surface area contributed by atoms with E-state index in [1.165, 1.54) is 16.9 Å². The second-order valence-electron chi connectivity index (χ2n) is 5.22. The Morgan fingerprint density at radius 1 is 1.10 bits per heavy atom. The molecule has 0 saturated carbocycles. The number of ether oxygens (including phenoxy) is 2. The van der Waals surface area contributed by atoms with Gasteiger partial charge in [-0.3, -0.25) is 4.79 Å². The minimum atomic E-state index is -0.0311. The fourth-order valence-electron chi connectivity index (χ4n) is 2.81. The van der Waals surface area contributed by atoms with Crippen molar-refractivity contribution in [3.05, 3.63) is 44.1 Å². The Labute approximate surface area is 131 Å². The number of aryl methyl sites for hydroxylation is 2. The van der Waals surface area contributed by atoms with Gasteiger partial charge in [-0.15, -0.1) is 11.3 Å². The average Bonchev–Trinajstić information content (AvgIpc) is 3.07. The molecule has 0 spiro atoms. The zero-order valence-electron chi connectivity index (χ0n) is 11.3. The van der Waals surface area contributed by atoms with E-state index in [2.05, 4.69) is 0 Å². The lowest BCUT2D eigenvalue weighted by Gasteiger charge is -2.19. The van der Waals surface area contributed by atoms with Crippen LogP contribution in [-0.2, 0) is 12.8 Å². The van der Waals surface area contributed by atoms with Gasteiger partial charge in [0.15, 0.2) is 11.5 Å². The summed E-state index contributed by atoms with van der Waals surface area (Å²) in [5.74, 6) is 1.17. The highest BCUT2D eigenvalue weighted by atomic mass is 35.5. The molecule has 3 nitrogen and oxygen atoms in total. The molecular formula is C16H13ClO3S. The van der Waals surface area contributed by atoms with E-state index >= 15 is 0 Å². The van der Waals surface area contributed by atoms with Gasteiger partial charge < -0.3 is 9.47 Å². The maximum Gasteiger partial charge on any atom is 0.204 e. The van der Waals surface area contributed by atoms with Gasteiger partial charge in [0, 0.05) is 16.5 Å². The van der Waals surface area contributed by atoms with Crippen molar-refractivity contribution in [2.75, 3.05) is 13.2 Å². The van der Waals surface area contributed by atoms with Crippen LogP contribution in [0.15, 0.2) is 18.2 Å². The topological polar surface area (TPSA) is 35.5 Å². The van der Waals surface area contributed by atoms with Crippen molar-refractivity contribution in [3.8, 4) is 11.5 Å². The lowest BCUT2D eigenvalue weighted by molar-refractivity contribution is 0.104. The summed E-state index contributed by atoms with van der Waals surface area (Å²) in [5.41, 5.74) is 1.80. The van der Waals surface area contributed by atoms with E-state index in [4.69, 9.17) is 21.1 Å². The molecule has 0 saturated heterocycles. The first-order valence-electron chi connectivity index (χ1n) is 6.98. The Morgan fingerprint density at radius 2 is 1.86 bits per heavy atom. The minimum absolute atomic E-state index is 0.0311. The van der Waals surface area contributed by atoms with Crippen molar-refractivity contribution in [2.45, 2.75) is 19.3 Å². The minimum Gasteiger partial charge on any atom is -0.486 e. The highest BCUT2D eigenvalue weighted by molar-refractivity contribution is 7.14. The number of ketones is 1. The summed E-state index contributed by atoms with van der Waals surface area (Å²) in [4.78, 5) is 14.8. The van der Waals surface area contributed by atoms with Gasteiger partial charge in [0.2, 0.25) is 5.78 Å². The summed E-state index contributed by atoms with van der Waals surface area (Å²) in [6, 6.07) is 5.39. The molecule has 21 heavy (non-hydrogen) atoms. The number of carbonyl (C=O) groups excluding carboxylic acids is 1. The van der Waals surface area contributed by atoms with E-state index in [0.717, 1.165) is 17.7 Å². The molecular weight excluding hydrogens is 308 g/mol. The first kappa shape index (κ1) is 13.2. The highest BCUT2D eigenvalue weighted by Gasteiger charge is 2.23. The normalized spacial score (nSPS) is 15.9. The number of hydrogen-bond donors (Lipinski definition) is 0. The largest absolute Gasteiger partial charge is 0.486 e. The van der Waals surface area contributed by atoms with Crippen molar-refractivity contribution in [1.29, 1.82) is 0 Å². The van der Waals surface area contributed by atoms with Crippen molar-refractivity contribution < 1.29 is 14.3 Å². The number of halogens is 1. The third kappa shape index (κ3) is 2.23. The number of benzene rings is 1. The lowest BCUT2D eigenvalue weighted by atomic mass is 10.1. The Bertz CT molecular complexity index is 714. The lowest BCUT2D eigenvalue weighted by Crippen LogP contribution is -2.16. The quantitative estimate of drug-likeness (QED) is 0.787. The molecule has 4 rings (SSSR count). The SMILES string of the molecule is O=C(c1cc2c(s1)CCC2)c1cc2c(cc1Cl)OCCO2. The second-order valence-corrected chi connectivity index (χ2v) is 6.76. The van der Waals surface area contributed by atoms with Gasteiger partial charge in [0.25, 0.3) is 0 Å². The molecule has 2 aliphatic rings. The van der Waals surface area contributed by atoms with Crippen molar-refractivity contribution in [3.63, 3.8) is 0 Å². The molecule has 1 aromatic carbocycles. The van der Waals surface area contributed by atoms with E-state index in [-0.39, 0.29) is 5.78 Å². The van der Waals surface area contributed by atoms with Crippen LogP contribution in [0.5, 0.6) is 11.5 Å². The molecule has 0 N–H and O–H groups in total. The van der Waals surface area contributed by atoms with Gasteiger partial charge in [-0.1, -0.05) is 11.6 Å². The highest BCUT2D eigenvalue weighted by Crippen LogP contribution is 2.38. The van der Waals surface area contributed by atoms with Gasteiger partial charge >= 0.3 is 0 Å². The van der Waals surface area contributed by atoms with E-state index in [1.54, 1.807) is 23.5 Å². The van der Waals surface area contributed by atoms with Crippen LogP contribution in [0.25, 0.3) is 0 Å². The van der Waals surface area contributed by atoms with Gasteiger partial charge in [-0.05, 0) is 37.0 Å². The molecule has 2 aromatic rings. The van der Waals surface area contributed by atoms with Crippen molar-refractivity contribution in [2.24, 2.45) is 0 Å². The van der Waals surface area contributed by atoms with E-state index in [9.17, 15) is 4.79 Å². The fraction of sp³-hybridized carbons (Fsp3) is 0.312. The molecule has 1 aromatic heterocycles. The summed E-state index contributed by atoms with van der Waals surface area (Å²) in [6.07, 6.45) is 3.36. The first-order valence-corrected chi connectivity index (χ1v) is 8.17.